The average Bonchev–Trinajstić information content (AvgIpc) is 3.05. The highest BCUT2D eigenvalue weighted by molar-refractivity contribution is 7.89. The zero-order valence-electron chi connectivity index (χ0n) is 16.2. The molecule has 1 aliphatic heterocycles. The van der Waals surface area contributed by atoms with Gasteiger partial charge in [-0.15, -0.1) is 0 Å². The second-order valence-corrected chi connectivity index (χ2v) is 8.86. The molecule has 2 aromatic rings. The lowest BCUT2D eigenvalue weighted by atomic mass is 10.0. The summed E-state index contributed by atoms with van der Waals surface area (Å²) in [7, 11) is -3.66. The first-order valence-electron chi connectivity index (χ1n) is 9.25. The van der Waals surface area contributed by atoms with Gasteiger partial charge in [-0.25, -0.2) is 13.1 Å². The van der Waals surface area contributed by atoms with E-state index in [2.05, 4.69) is 4.72 Å². The standard InChI is InChI=1S/C21H26N2O3S/c1-5-21(24)23-11-10-17-13-18(8-9-20(17)23)27(25,26)22-16(4)19-12-14(2)6-7-15(19)3/h6-9,12-13,16,22H,5,10-11H2,1-4H3. The molecule has 27 heavy (non-hydrogen) atoms. The summed E-state index contributed by atoms with van der Waals surface area (Å²) in [6, 6.07) is 10.7. The Labute approximate surface area is 161 Å². The van der Waals surface area contributed by atoms with Crippen molar-refractivity contribution in [3.05, 3.63) is 58.7 Å². The Morgan fingerprint density at radius 1 is 1.19 bits per heavy atom. The highest BCUT2D eigenvalue weighted by Crippen LogP contribution is 2.31. The monoisotopic (exact) mass is 386 g/mol. The maximum atomic E-state index is 12.9. The molecule has 2 aromatic carbocycles. The predicted octanol–water partition coefficient (Wildman–Crippen LogP) is 3.64. The molecule has 5 nitrogen and oxygen atoms in total. The third-order valence-corrected chi connectivity index (χ3v) is 6.63. The number of nitrogens with one attached hydrogen (secondary N) is 1. The molecule has 0 spiro atoms. The molecule has 0 aromatic heterocycles. The molecular formula is C21H26N2O3S. The molecule has 3 rings (SSSR count). The minimum absolute atomic E-state index is 0.0611. The third-order valence-electron chi connectivity index (χ3n) is 5.09. The van der Waals surface area contributed by atoms with E-state index in [9.17, 15) is 13.2 Å². The minimum atomic E-state index is -3.66. The molecule has 0 saturated carbocycles. The SMILES string of the molecule is CCC(=O)N1CCc2cc(S(=O)(=O)NC(C)c3cc(C)ccc3C)ccc21. The van der Waals surface area contributed by atoms with E-state index < -0.39 is 10.0 Å². The smallest absolute Gasteiger partial charge is 0.241 e. The van der Waals surface area contributed by atoms with E-state index in [1.807, 2.05) is 45.9 Å². The first-order valence-corrected chi connectivity index (χ1v) is 10.7. The normalized spacial score (nSPS) is 14.9. The van der Waals surface area contributed by atoms with Gasteiger partial charge >= 0.3 is 0 Å². The van der Waals surface area contributed by atoms with Gasteiger partial charge in [-0.05, 0) is 62.1 Å². The lowest BCUT2D eigenvalue weighted by Gasteiger charge is -2.19. The van der Waals surface area contributed by atoms with Gasteiger partial charge in [0.25, 0.3) is 0 Å². The number of nitrogens with zero attached hydrogens (tertiary/aromatic N) is 1. The average molecular weight is 387 g/mol. The molecule has 6 heteroatoms. The van der Waals surface area contributed by atoms with Crippen LogP contribution in [0.4, 0.5) is 5.69 Å². The number of hydrogen-bond acceptors (Lipinski definition) is 3. The molecule has 144 valence electrons. The van der Waals surface area contributed by atoms with Gasteiger partial charge in [-0.3, -0.25) is 4.79 Å². The van der Waals surface area contributed by atoms with E-state index in [1.54, 1.807) is 23.1 Å². The number of anilines is 1. The Morgan fingerprint density at radius 2 is 1.93 bits per heavy atom. The maximum Gasteiger partial charge on any atom is 0.241 e. The number of carbonyl (C=O) groups is 1. The molecular weight excluding hydrogens is 360 g/mol. The van der Waals surface area contributed by atoms with E-state index >= 15 is 0 Å². The molecule has 0 aliphatic carbocycles. The quantitative estimate of drug-likeness (QED) is 0.853. The Hall–Kier alpha value is -2.18. The van der Waals surface area contributed by atoms with Crippen LogP contribution < -0.4 is 9.62 Å². The van der Waals surface area contributed by atoms with Crippen molar-refractivity contribution >= 4 is 21.6 Å². The fraction of sp³-hybridized carbons (Fsp3) is 0.381. The van der Waals surface area contributed by atoms with Gasteiger partial charge in [-0.1, -0.05) is 30.7 Å². The number of fused-ring (bicyclic) bond motifs is 1. The van der Waals surface area contributed by atoms with Gasteiger partial charge in [-0.2, -0.15) is 0 Å². The molecule has 1 N–H and O–H groups in total. The van der Waals surface area contributed by atoms with Crippen LogP contribution in [-0.2, 0) is 21.2 Å². The van der Waals surface area contributed by atoms with Crippen LogP contribution in [0.25, 0.3) is 0 Å². The molecule has 0 bridgehead atoms. The molecule has 1 atom stereocenters. The molecule has 1 amide bonds. The number of hydrogen-bond donors (Lipinski definition) is 1. The van der Waals surface area contributed by atoms with E-state index in [0.29, 0.717) is 19.4 Å². The van der Waals surface area contributed by atoms with Crippen LogP contribution in [0.5, 0.6) is 0 Å². The maximum absolute atomic E-state index is 12.9. The predicted molar refractivity (Wildman–Crippen MR) is 107 cm³/mol. The Balaban J connectivity index is 1.86. The zero-order chi connectivity index (χ0) is 19.8. The number of amides is 1. The number of rotatable bonds is 5. The summed E-state index contributed by atoms with van der Waals surface area (Å²) in [6.45, 7) is 8.27. The van der Waals surface area contributed by atoms with Crippen LogP contribution >= 0.6 is 0 Å². The second kappa shape index (κ2) is 7.44. The van der Waals surface area contributed by atoms with Crippen molar-refractivity contribution in [2.75, 3.05) is 11.4 Å². The van der Waals surface area contributed by atoms with Gasteiger partial charge in [0.2, 0.25) is 15.9 Å². The molecule has 1 heterocycles. The van der Waals surface area contributed by atoms with Crippen molar-refractivity contribution in [1.29, 1.82) is 0 Å². The first kappa shape index (κ1) is 19.6. The first-order chi connectivity index (χ1) is 12.7. The number of aryl methyl sites for hydroxylation is 2. The van der Waals surface area contributed by atoms with E-state index in [0.717, 1.165) is 27.9 Å². The summed E-state index contributed by atoms with van der Waals surface area (Å²) in [5.41, 5.74) is 4.85. The van der Waals surface area contributed by atoms with Crippen LogP contribution in [0.1, 0.15) is 48.6 Å². The van der Waals surface area contributed by atoms with Gasteiger partial charge in [0.1, 0.15) is 0 Å². The van der Waals surface area contributed by atoms with Crippen LogP contribution in [0, 0.1) is 13.8 Å². The van der Waals surface area contributed by atoms with E-state index in [4.69, 9.17) is 0 Å². The highest BCUT2D eigenvalue weighted by atomic mass is 32.2. The highest BCUT2D eigenvalue weighted by Gasteiger charge is 2.26. The Morgan fingerprint density at radius 3 is 2.63 bits per heavy atom. The van der Waals surface area contributed by atoms with E-state index in [-0.39, 0.29) is 16.8 Å². The van der Waals surface area contributed by atoms with Crippen LogP contribution in [0.15, 0.2) is 41.3 Å². The summed E-state index contributed by atoms with van der Waals surface area (Å²) in [4.78, 5) is 14.0. The van der Waals surface area contributed by atoms with E-state index in [1.165, 1.54) is 0 Å². The van der Waals surface area contributed by atoms with Gasteiger partial charge in [0.15, 0.2) is 0 Å². The molecule has 1 unspecified atom stereocenters. The fourth-order valence-corrected chi connectivity index (χ4v) is 4.86. The molecule has 0 fully saturated rings. The largest absolute Gasteiger partial charge is 0.312 e. The number of sulfonamides is 1. The summed E-state index contributed by atoms with van der Waals surface area (Å²) < 4.78 is 28.6. The lowest BCUT2D eigenvalue weighted by molar-refractivity contribution is -0.118. The van der Waals surface area contributed by atoms with Crippen LogP contribution in [0.2, 0.25) is 0 Å². The van der Waals surface area contributed by atoms with Gasteiger partial charge in [0.05, 0.1) is 4.90 Å². The minimum Gasteiger partial charge on any atom is -0.312 e. The Bertz CT molecular complexity index is 983. The fourth-order valence-electron chi connectivity index (χ4n) is 3.59. The topological polar surface area (TPSA) is 66.5 Å². The number of carbonyl (C=O) groups excluding carboxylic acids is 1. The van der Waals surface area contributed by atoms with Crippen molar-refractivity contribution in [3.8, 4) is 0 Å². The summed E-state index contributed by atoms with van der Waals surface area (Å²) in [5.74, 6) is 0.0611. The van der Waals surface area contributed by atoms with Crippen molar-refractivity contribution in [3.63, 3.8) is 0 Å². The van der Waals surface area contributed by atoms with Gasteiger partial charge in [0, 0.05) is 24.7 Å². The van der Waals surface area contributed by atoms with Crippen molar-refractivity contribution in [2.45, 2.75) is 51.5 Å². The van der Waals surface area contributed by atoms with Gasteiger partial charge < -0.3 is 4.90 Å². The molecule has 0 radical (unpaired) electrons. The lowest BCUT2D eigenvalue weighted by Crippen LogP contribution is -2.28. The van der Waals surface area contributed by atoms with Crippen LogP contribution in [0.3, 0.4) is 0 Å². The zero-order valence-corrected chi connectivity index (χ0v) is 17.1. The van der Waals surface area contributed by atoms with Crippen molar-refractivity contribution in [1.82, 2.24) is 4.72 Å². The van der Waals surface area contributed by atoms with Crippen LogP contribution in [-0.4, -0.2) is 20.9 Å². The van der Waals surface area contributed by atoms with Crippen molar-refractivity contribution in [2.24, 2.45) is 0 Å². The summed E-state index contributed by atoms with van der Waals surface area (Å²) in [5, 5.41) is 0. The summed E-state index contributed by atoms with van der Waals surface area (Å²) in [6.07, 6.45) is 1.12. The third kappa shape index (κ3) is 3.92. The summed E-state index contributed by atoms with van der Waals surface area (Å²) >= 11 is 0. The molecule has 1 aliphatic rings. The Kier molecular flexibility index (Phi) is 5.40. The van der Waals surface area contributed by atoms with Crippen molar-refractivity contribution < 1.29 is 13.2 Å². The number of benzene rings is 2. The second-order valence-electron chi connectivity index (χ2n) is 7.14. The molecule has 0 saturated heterocycles.